The highest BCUT2D eigenvalue weighted by molar-refractivity contribution is 5.30. The number of pyridine rings is 1. The fraction of sp³-hybridized carbons (Fsp3) is 0.421. The van der Waals surface area contributed by atoms with E-state index < -0.39 is 0 Å². The molecule has 1 aromatic carbocycles. The molecule has 1 atom stereocenters. The van der Waals surface area contributed by atoms with Gasteiger partial charge in [-0.05, 0) is 55.8 Å². The van der Waals surface area contributed by atoms with Crippen molar-refractivity contribution in [3.05, 3.63) is 70.1 Å². The van der Waals surface area contributed by atoms with Crippen molar-refractivity contribution in [3.63, 3.8) is 0 Å². The number of hydrogen-bond acceptors (Lipinski definition) is 2. The van der Waals surface area contributed by atoms with E-state index in [9.17, 15) is 4.79 Å². The fourth-order valence-corrected chi connectivity index (χ4v) is 3.23. The number of nitrogens with one attached hydrogen (secondary N) is 1. The third-order valence-corrected chi connectivity index (χ3v) is 4.50. The molecule has 2 aromatic rings. The first kappa shape index (κ1) is 15.0. The van der Waals surface area contributed by atoms with Gasteiger partial charge in [-0.15, -0.1) is 0 Å². The summed E-state index contributed by atoms with van der Waals surface area (Å²) in [5.41, 5.74) is 3.12. The Morgan fingerprint density at radius 2 is 1.86 bits per heavy atom. The standard InChI is InChI=1S/C19H24N2O/c22-19-9-3-5-13-21(19)14-6-4-12-20-18-11-10-16-7-1-2-8-17(16)15-18/h1-3,5,7-9,13,18,20H,4,6,10-12,14-15H2/t18-/m0/s1. The van der Waals surface area contributed by atoms with Crippen molar-refractivity contribution in [1.29, 1.82) is 0 Å². The van der Waals surface area contributed by atoms with Crippen molar-refractivity contribution < 1.29 is 0 Å². The van der Waals surface area contributed by atoms with Crippen LogP contribution >= 0.6 is 0 Å². The number of benzene rings is 1. The number of fused-ring (bicyclic) bond motifs is 1. The van der Waals surface area contributed by atoms with Crippen molar-refractivity contribution in [2.75, 3.05) is 6.54 Å². The van der Waals surface area contributed by atoms with Crippen molar-refractivity contribution >= 4 is 0 Å². The molecule has 0 radical (unpaired) electrons. The van der Waals surface area contributed by atoms with Crippen LogP contribution in [0.2, 0.25) is 0 Å². The number of aromatic nitrogens is 1. The van der Waals surface area contributed by atoms with Crippen LogP contribution in [0.4, 0.5) is 0 Å². The molecule has 0 aliphatic heterocycles. The first-order valence-corrected chi connectivity index (χ1v) is 8.28. The zero-order valence-corrected chi connectivity index (χ0v) is 13.0. The van der Waals surface area contributed by atoms with Gasteiger partial charge in [0.25, 0.3) is 0 Å². The van der Waals surface area contributed by atoms with Crippen LogP contribution in [0.1, 0.15) is 30.4 Å². The summed E-state index contributed by atoms with van der Waals surface area (Å²) in [6.45, 7) is 1.85. The molecule has 0 amide bonds. The highest BCUT2D eigenvalue weighted by Gasteiger charge is 2.16. The molecule has 0 fully saturated rings. The minimum Gasteiger partial charge on any atom is -0.316 e. The van der Waals surface area contributed by atoms with E-state index in [0.717, 1.165) is 32.4 Å². The van der Waals surface area contributed by atoms with Crippen molar-refractivity contribution in [2.24, 2.45) is 0 Å². The lowest BCUT2D eigenvalue weighted by atomic mass is 9.88. The maximum atomic E-state index is 11.6. The largest absolute Gasteiger partial charge is 0.316 e. The monoisotopic (exact) mass is 296 g/mol. The lowest BCUT2D eigenvalue weighted by molar-refractivity contribution is 0.444. The molecule has 1 aliphatic rings. The zero-order chi connectivity index (χ0) is 15.2. The maximum Gasteiger partial charge on any atom is 0.250 e. The summed E-state index contributed by atoms with van der Waals surface area (Å²) >= 11 is 0. The quantitative estimate of drug-likeness (QED) is 0.832. The van der Waals surface area contributed by atoms with Gasteiger partial charge in [0, 0.05) is 24.8 Å². The number of nitrogens with zero attached hydrogens (tertiary/aromatic N) is 1. The molecule has 1 N–H and O–H groups in total. The van der Waals surface area contributed by atoms with Gasteiger partial charge >= 0.3 is 0 Å². The second-order valence-electron chi connectivity index (χ2n) is 6.10. The molecule has 0 saturated heterocycles. The fourth-order valence-electron chi connectivity index (χ4n) is 3.23. The lowest BCUT2D eigenvalue weighted by Gasteiger charge is -2.25. The summed E-state index contributed by atoms with van der Waals surface area (Å²) < 4.78 is 1.79. The van der Waals surface area contributed by atoms with E-state index in [2.05, 4.69) is 29.6 Å². The summed E-state index contributed by atoms with van der Waals surface area (Å²) in [5.74, 6) is 0. The normalized spacial score (nSPS) is 17.2. The molecule has 0 spiro atoms. The molecular formula is C19H24N2O. The molecule has 22 heavy (non-hydrogen) atoms. The molecule has 0 unspecified atom stereocenters. The number of unbranched alkanes of at least 4 members (excludes halogenated alkanes) is 1. The third-order valence-electron chi connectivity index (χ3n) is 4.50. The molecular weight excluding hydrogens is 272 g/mol. The molecule has 3 nitrogen and oxygen atoms in total. The Morgan fingerprint density at radius 3 is 2.73 bits per heavy atom. The molecule has 0 saturated carbocycles. The third kappa shape index (κ3) is 3.86. The molecule has 3 heteroatoms. The number of aryl methyl sites for hydroxylation is 2. The average Bonchev–Trinajstić information content (AvgIpc) is 2.56. The highest BCUT2D eigenvalue weighted by atomic mass is 16.1. The van der Waals surface area contributed by atoms with Crippen LogP contribution in [0.15, 0.2) is 53.5 Å². The zero-order valence-electron chi connectivity index (χ0n) is 13.0. The first-order chi connectivity index (χ1) is 10.8. The summed E-state index contributed by atoms with van der Waals surface area (Å²) in [7, 11) is 0. The molecule has 1 aromatic heterocycles. The van der Waals surface area contributed by atoms with Crippen LogP contribution in [0, 0.1) is 0 Å². The van der Waals surface area contributed by atoms with Gasteiger partial charge in [0.15, 0.2) is 0 Å². The molecule has 0 bridgehead atoms. The van der Waals surface area contributed by atoms with E-state index in [0.29, 0.717) is 6.04 Å². The summed E-state index contributed by atoms with van der Waals surface area (Å²) in [6, 6.07) is 14.7. The summed E-state index contributed by atoms with van der Waals surface area (Å²) in [6.07, 6.45) is 7.59. The summed E-state index contributed by atoms with van der Waals surface area (Å²) in [4.78, 5) is 11.6. The Hall–Kier alpha value is -1.87. The minimum absolute atomic E-state index is 0.0966. The topological polar surface area (TPSA) is 34.0 Å². The van der Waals surface area contributed by atoms with Gasteiger partial charge in [-0.1, -0.05) is 30.3 Å². The second kappa shape index (κ2) is 7.41. The number of rotatable bonds is 6. The Balaban J connectivity index is 1.38. The van der Waals surface area contributed by atoms with Crippen molar-refractivity contribution in [2.45, 2.75) is 44.7 Å². The van der Waals surface area contributed by atoms with E-state index >= 15 is 0 Å². The van der Waals surface area contributed by atoms with Crippen LogP contribution in [0.3, 0.4) is 0 Å². The molecule has 1 heterocycles. The van der Waals surface area contributed by atoms with Crippen molar-refractivity contribution in [1.82, 2.24) is 9.88 Å². The van der Waals surface area contributed by atoms with Gasteiger partial charge in [-0.2, -0.15) is 0 Å². The molecule has 3 rings (SSSR count). The van der Waals surface area contributed by atoms with Gasteiger partial charge < -0.3 is 9.88 Å². The van der Waals surface area contributed by atoms with Gasteiger partial charge in [0.05, 0.1) is 0 Å². The Labute approximate surface area is 132 Å². The Bertz CT molecular complexity index is 662. The second-order valence-corrected chi connectivity index (χ2v) is 6.10. The predicted molar refractivity (Wildman–Crippen MR) is 90.2 cm³/mol. The Morgan fingerprint density at radius 1 is 1.05 bits per heavy atom. The van der Waals surface area contributed by atoms with Crippen LogP contribution in [0.25, 0.3) is 0 Å². The van der Waals surface area contributed by atoms with E-state index in [1.807, 2.05) is 12.3 Å². The Kier molecular flexibility index (Phi) is 5.07. The van der Waals surface area contributed by atoms with E-state index in [1.54, 1.807) is 16.7 Å². The van der Waals surface area contributed by atoms with E-state index in [-0.39, 0.29) is 5.56 Å². The van der Waals surface area contributed by atoms with Crippen molar-refractivity contribution in [3.8, 4) is 0 Å². The SMILES string of the molecule is O=c1ccccn1CCCCN[C@H]1CCc2ccccc2C1. The molecule has 116 valence electrons. The molecule has 1 aliphatic carbocycles. The van der Waals surface area contributed by atoms with Gasteiger partial charge in [0.1, 0.15) is 0 Å². The smallest absolute Gasteiger partial charge is 0.250 e. The predicted octanol–water partition coefficient (Wildman–Crippen LogP) is 2.78. The van der Waals surface area contributed by atoms with Crippen LogP contribution in [0.5, 0.6) is 0 Å². The van der Waals surface area contributed by atoms with Gasteiger partial charge in [-0.25, -0.2) is 0 Å². The number of hydrogen-bond donors (Lipinski definition) is 1. The van der Waals surface area contributed by atoms with E-state index in [1.165, 1.54) is 24.0 Å². The van der Waals surface area contributed by atoms with Crippen LogP contribution in [-0.2, 0) is 19.4 Å². The van der Waals surface area contributed by atoms with Gasteiger partial charge in [0.2, 0.25) is 5.56 Å². The van der Waals surface area contributed by atoms with E-state index in [4.69, 9.17) is 0 Å². The van der Waals surface area contributed by atoms with Crippen LogP contribution < -0.4 is 10.9 Å². The maximum absolute atomic E-state index is 11.6. The summed E-state index contributed by atoms with van der Waals surface area (Å²) in [5, 5.41) is 3.68. The first-order valence-electron chi connectivity index (χ1n) is 8.28. The average molecular weight is 296 g/mol. The van der Waals surface area contributed by atoms with Gasteiger partial charge in [-0.3, -0.25) is 4.79 Å². The van der Waals surface area contributed by atoms with Crippen LogP contribution in [-0.4, -0.2) is 17.2 Å². The minimum atomic E-state index is 0.0966. The highest BCUT2D eigenvalue weighted by Crippen LogP contribution is 2.20. The lowest BCUT2D eigenvalue weighted by Crippen LogP contribution is -2.35.